The lowest BCUT2D eigenvalue weighted by atomic mass is 9.81. The molecule has 0 radical (unpaired) electrons. The van der Waals surface area contributed by atoms with E-state index >= 15 is 0 Å². The third kappa shape index (κ3) is 3.17. The van der Waals surface area contributed by atoms with E-state index in [0.29, 0.717) is 0 Å². The van der Waals surface area contributed by atoms with Gasteiger partial charge in [0.25, 0.3) is 0 Å². The topological polar surface area (TPSA) is 115 Å². The summed E-state index contributed by atoms with van der Waals surface area (Å²) in [5, 5.41) is 37.5. The Morgan fingerprint density at radius 2 is 0.909 bits per heavy atom. The first-order valence-corrected chi connectivity index (χ1v) is 6.43. The second kappa shape index (κ2) is 6.17. The number of aliphatic carboxylic acids is 2. The van der Waals surface area contributed by atoms with Crippen molar-refractivity contribution < 1.29 is 30.0 Å². The molecule has 0 saturated carbocycles. The summed E-state index contributed by atoms with van der Waals surface area (Å²) < 4.78 is 0. The number of benzene rings is 2. The van der Waals surface area contributed by atoms with Gasteiger partial charge >= 0.3 is 11.9 Å². The summed E-state index contributed by atoms with van der Waals surface area (Å²) >= 11 is 0. The lowest BCUT2D eigenvalue weighted by Crippen LogP contribution is -2.26. The second-order valence-corrected chi connectivity index (χ2v) is 4.81. The highest BCUT2D eigenvalue weighted by atomic mass is 16.4. The number of hydrogen-bond donors (Lipinski definition) is 4. The summed E-state index contributed by atoms with van der Waals surface area (Å²) in [6.45, 7) is 0. The third-order valence-corrected chi connectivity index (χ3v) is 3.37. The Balaban J connectivity index is 2.51. The number of hydrogen-bond acceptors (Lipinski definition) is 4. The zero-order valence-corrected chi connectivity index (χ0v) is 11.4. The van der Waals surface area contributed by atoms with Gasteiger partial charge in [-0.25, -0.2) is 0 Å². The van der Waals surface area contributed by atoms with E-state index in [1.54, 1.807) is 0 Å². The largest absolute Gasteiger partial charge is 0.508 e. The fourth-order valence-electron chi connectivity index (χ4n) is 2.32. The number of carboxylic acids is 2. The first kappa shape index (κ1) is 15.4. The van der Waals surface area contributed by atoms with E-state index in [9.17, 15) is 30.0 Å². The zero-order chi connectivity index (χ0) is 16.3. The number of carbonyl (C=O) groups is 2. The molecule has 2 aromatic carbocycles. The van der Waals surface area contributed by atoms with E-state index in [1.165, 1.54) is 48.5 Å². The number of aromatic hydroxyl groups is 2. The molecule has 0 aliphatic rings. The molecule has 2 rings (SSSR count). The van der Waals surface area contributed by atoms with Crippen LogP contribution >= 0.6 is 0 Å². The van der Waals surface area contributed by atoms with Crippen LogP contribution in [0.5, 0.6) is 11.5 Å². The minimum atomic E-state index is -1.32. The summed E-state index contributed by atoms with van der Waals surface area (Å²) in [5.41, 5.74) is 0.538. The molecule has 2 atom stereocenters. The van der Waals surface area contributed by atoms with Crippen molar-refractivity contribution in [2.45, 2.75) is 11.8 Å². The van der Waals surface area contributed by atoms with Crippen LogP contribution < -0.4 is 0 Å². The molecule has 0 aliphatic carbocycles. The van der Waals surface area contributed by atoms with E-state index < -0.39 is 23.8 Å². The summed E-state index contributed by atoms with van der Waals surface area (Å²) in [5.74, 6) is -5.28. The molecule has 0 spiro atoms. The Kier molecular flexibility index (Phi) is 4.31. The van der Waals surface area contributed by atoms with Gasteiger partial charge in [0.1, 0.15) is 11.5 Å². The maximum Gasteiger partial charge on any atom is 0.312 e. The summed E-state index contributed by atoms with van der Waals surface area (Å²) in [4.78, 5) is 23.2. The van der Waals surface area contributed by atoms with Gasteiger partial charge in [0.2, 0.25) is 0 Å². The van der Waals surface area contributed by atoms with Crippen LogP contribution in [0, 0.1) is 0 Å². The van der Waals surface area contributed by atoms with E-state index in [1.807, 2.05) is 0 Å². The summed E-state index contributed by atoms with van der Waals surface area (Å²) in [7, 11) is 0. The Morgan fingerprint density at radius 1 is 0.636 bits per heavy atom. The van der Waals surface area contributed by atoms with Crippen molar-refractivity contribution in [3.63, 3.8) is 0 Å². The Morgan fingerprint density at radius 3 is 1.14 bits per heavy atom. The predicted molar refractivity (Wildman–Crippen MR) is 77.0 cm³/mol. The van der Waals surface area contributed by atoms with Crippen molar-refractivity contribution in [3.05, 3.63) is 59.7 Å². The van der Waals surface area contributed by atoms with Crippen LogP contribution in [0.4, 0.5) is 0 Å². The summed E-state index contributed by atoms with van der Waals surface area (Å²) in [6, 6.07) is 10.7. The van der Waals surface area contributed by atoms with Gasteiger partial charge in [-0.05, 0) is 35.4 Å². The highest BCUT2D eigenvalue weighted by Gasteiger charge is 2.36. The molecule has 0 aromatic heterocycles. The lowest BCUT2D eigenvalue weighted by Gasteiger charge is -2.21. The molecular weight excluding hydrogens is 288 g/mol. The van der Waals surface area contributed by atoms with E-state index in [0.717, 1.165) is 0 Å². The number of phenols is 2. The van der Waals surface area contributed by atoms with Crippen LogP contribution in [0.15, 0.2) is 48.5 Å². The van der Waals surface area contributed by atoms with Gasteiger partial charge in [0.15, 0.2) is 0 Å². The minimum absolute atomic E-state index is 0.0376. The third-order valence-electron chi connectivity index (χ3n) is 3.37. The van der Waals surface area contributed by atoms with Crippen molar-refractivity contribution >= 4 is 11.9 Å². The molecule has 22 heavy (non-hydrogen) atoms. The molecule has 0 unspecified atom stereocenters. The maximum atomic E-state index is 11.6. The molecule has 6 nitrogen and oxygen atoms in total. The quantitative estimate of drug-likeness (QED) is 0.672. The minimum Gasteiger partial charge on any atom is -0.508 e. The van der Waals surface area contributed by atoms with Crippen molar-refractivity contribution in [1.29, 1.82) is 0 Å². The van der Waals surface area contributed by atoms with Crippen molar-refractivity contribution in [1.82, 2.24) is 0 Å². The molecule has 0 heterocycles. The maximum absolute atomic E-state index is 11.6. The van der Waals surface area contributed by atoms with Crippen molar-refractivity contribution in [2.75, 3.05) is 0 Å². The summed E-state index contributed by atoms with van der Waals surface area (Å²) in [6.07, 6.45) is 0. The van der Waals surface area contributed by atoms with Crippen LogP contribution in [0.1, 0.15) is 23.0 Å². The van der Waals surface area contributed by atoms with Gasteiger partial charge < -0.3 is 20.4 Å². The number of rotatable bonds is 5. The lowest BCUT2D eigenvalue weighted by molar-refractivity contribution is -0.147. The molecule has 0 saturated heterocycles. The van der Waals surface area contributed by atoms with Gasteiger partial charge in [-0.3, -0.25) is 9.59 Å². The Labute approximate surface area is 125 Å². The van der Waals surface area contributed by atoms with E-state index in [-0.39, 0.29) is 22.6 Å². The SMILES string of the molecule is O=C(O)[C@@H](c1ccc(O)cc1)[C@@H](C(=O)O)c1ccc(O)cc1. The average Bonchev–Trinajstić information content (AvgIpc) is 2.46. The molecule has 0 fully saturated rings. The molecule has 4 N–H and O–H groups in total. The van der Waals surface area contributed by atoms with Crippen LogP contribution in [0.25, 0.3) is 0 Å². The standard InChI is InChI=1S/C16H14O6/c17-11-5-1-9(2-6-11)13(15(19)20)14(16(21)22)10-3-7-12(18)8-4-10/h1-8,13-14,17-18H,(H,19,20)(H,21,22)/t13-,14-/m0/s1. The van der Waals surface area contributed by atoms with E-state index in [2.05, 4.69) is 0 Å². The number of phenolic OH excluding ortho intramolecular Hbond substituents is 2. The van der Waals surface area contributed by atoms with Crippen LogP contribution in [0.3, 0.4) is 0 Å². The fourth-order valence-corrected chi connectivity index (χ4v) is 2.32. The molecular formula is C16H14O6. The highest BCUT2D eigenvalue weighted by Crippen LogP contribution is 2.35. The molecule has 0 bridgehead atoms. The second-order valence-electron chi connectivity index (χ2n) is 4.81. The van der Waals surface area contributed by atoms with Crippen LogP contribution in [-0.4, -0.2) is 32.4 Å². The zero-order valence-electron chi connectivity index (χ0n) is 11.4. The van der Waals surface area contributed by atoms with Gasteiger partial charge in [-0.2, -0.15) is 0 Å². The van der Waals surface area contributed by atoms with Crippen molar-refractivity contribution in [3.8, 4) is 11.5 Å². The van der Waals surface area contributed by atoms with Crippen LogP contribution in [-0.2, 0) is 9.59 Å². The number of carboxylic acid groups (broad SMARTS) is 2. The first-order chi connectivity index (χ1) is 10.4. The highest BCUT2D eigenvalue weighted by molar-refractivity contribution is 5.88. The van der Waals surface area contributed by atoms with E-state index in [4.69, 9.17) is 0 Å². The predicted octanol–water partition coefficient (Wildman–Crippen LogP) is 2.13. The molecule has 0 amide bonds. The first-order valence-electron chi connectivity index (χ1n) is 6.43. The Bertz CT molecular complexity index is 613. The van der Waals surface area contributed by atoms with Gasteiger partial charge in [0, 0.05) is 0 Å². The molecule has 2 aromatic rings. The average molecular weight is 302 g/mol. The normalized spacial score (nSPS) is 13.3. The fraction of sp³-hybridized carbons (Fsp3) is 0.125. The Hall–Kier alpha value is -3.02. The molecule has 114 valence electrons. The van der Waals surface area contributed by atoms with Gasteiger partial charge in [-0.15, -0.1) is 0 Å². The molecule has 6 heteroatoms. The van der Waals surface area contributed by atoms with Crippen molar-refractivity contribution in [2.24, 2.45) is 0 Å². The van der Waals surface area contributed by atoms with Gasteiger partial charge in [-0.1, -0.05) is 24.3 Å². The molecule has 0 aliphatic heterocycles. The van der Waals surface area contributed by atoms with Gasteiger partial charge in [0.05, 0.1) is 11.8 Å². The van der Waals surface area contributed by atoms with Crippen LogP contribution in [0.2, 0.25) is 0 Å². The monoisotopic (exact) mass is 302 g/mol. The smallest absolute Gasteiger partial charge is 0.312 e.